The van der Waals surface area contributed by atoms with Crippen LogP contribution in [-0.2, 0) is 4.79 Å². The third-order valence-electron chi connectivity index (χ3n) is 3.02. The Kier molecular flexibility index (Phi) is 5.92. The molecule has 24 heavy (non-hydrogen) atoms. The number of nitrogens with zero attached hydrogens (tertiary/aromatic N) is 1. The van der Waals surface area contributed by atoms with Crippen LogP contribution in [0.2, 0.25) is 0 Å². The first-order valence-electron chi connectivity index (χ1n) is 7.29. The van der Waals surface area contributed by atoms with E-state index in [1.165, 1.54) is 30.5 Å². The Morgan fingerprint density at radius 3 is 2.38 bits per heavy atom. The molecule has 6 heteroatoms. The van der Waals surface area contributed by atoms with E-state index in [1.54, 1.807) is 24.3 Å². The van der Waals surface area contributed by atoms with Crippen molar-refractivity contribution in [3.8, 4) is 11.8 Å². The summed E-state index contributed by atoms with van der Waals surface area (Å²) in [6.07, 6.45) is 1.27. The van der Waals surface area contributed by atoms with E-state index < -0.39 is 5.91 Å². The van der Waals surface area contributed by atoms with Gasteiger partial charge in [0.25, 0.3) is 5.91 Å². The molecule has 0 aliphatic heterocycles. The minimum absolute atomic E-state index is 0.104. The lowest BCUT2D eigenvalue weighted by Crippen LogP contribution is -2.14. The standard InChI is InChI=1S/C18H16FN3O2/c1-2-24-17-9-7-16(8-10-17)22-18(23)13(11-20)12-21-15-5-3-14(19)4-6-15/h3-10,12,21H,2H2,1H3,(H,22,23)/b13-12-. The van der Waals surface area contributed by atoms with E-state index in [-0.39, 0.29) is 11.4 Å². The van der Waals surface area contributed by atoms with Crippen LogP contribution < -0.4 is 15.4 Å². The minimum atomic E-state index is -0.545. The zero-order valence-corrected chi connectivity index (χ0v) is 13.0. The van der Waals surface area contributed by atoms with Gasteiger partial charge in [0.15, 0.2) is 0 Å². The molecule has 0 bridgehead atoms. The fraction of sp³-hybridized carbons (Fsp3) is 0.111. The Morgan fingerprint density at radius 2 is 1.79 bits per heavy atom. The van der Waals surface area contributed by atoms with Crippen LogP contribution in [0.25, 0.3) is 0 Å². The molecule has 0 aromatic heterocycles. The van der Waals surface area contributed by atoms with Crippen molar-refractivity contribution >= 4 is 17.3 Å². The number of amides is 1. The van der Waals surface area contributed by atoms with Crippen LogP contribution in [0.4, 0.5) is 15.8 Å². The molecular formula is C18H16FN3O2. The minimum Gasteiger partial charge on any atom is -0.494 e. The first-order valence-corrected chi connectivity index (χ1v) is 7.29. The molecule has 0 saturated carbocycles. The fourth-order valence-corrected chi connectivity index (χ4v) is 1.85. The van der Waals surface area contributed by atoms with Crippen molar-refractivity contribution in [2.75, 3.05) is 17.2 Å². The van der Waals surface area contributed by atoms with Gasteiger partial charge in [0.1, 0.15) is 23.2 Å². The highest BCUT2D eigenvalue weighted by molar-refractivity contribution is 6.06. The van der Waals surface area contributed by atoms with E-state index in [0.29, 0.717) is 23.7 Å². The number of halogens is 1. The Bertz CT molecular complexity index is 762. The van der Waals surface area contributed by atoms with Gasteiger partial charge in [-0.1, -0.05) is 0 Å². The van der Waals surface area contributed by atoms with Crippen molar-refractivity contribution in [2.45, 2.75) is 6.92 Å². The molecule has 2 aromatic rings. The highest BCUT2D eigenvalue weighted by Crippen LogP contribution is 2.16. The normalized spacial score (nSPS) is 10.6. The van der Waals surface area contributed by atoms with Gasteiger partial charge in [0.2, 0.25) is 0 Å². The predicted octanol–water partition coefficient (Wildman–Crippen LogP) is 3.68. The third-order valence-corrected chi connectivity index (χ3v) is 3.02. The maximum Gasteiger partial charge on any atom is 0.267 e. The van der Waals surface area contributed by atoms with E-state index in [4.69, 9.17) is 10.00 Å². The summed E-state index contributed by atoms with van der Waals surface area (Å²) >= 11 is 0. The largest absolute Gasteiger partial charge is 0.494 e. The summed E-state index contributed by atoms with van der Waals surface area (Å²) in [6.45, 7) is 2.44. The molecule has 2 aromatic carbocycles. The molecule has 2 N–H and O–H groups in total. The molecule has 0 aliphatic carbocycles. The van der Waals surface area contributed by atoms with Crippen molar-refractivity contribution in [3.63, 3.8) is 0 Å². The lowest BCUT2D eigenvalue weighted by Gasteiger charge is -2.07. The van der Waals surface area contributed by atoms with Crippen molar-refractivity contribution in [1.82, 2.24) is 0 Å². The number of nitrogens with one attached hydrogen (secondary N) is 2. The Hall–Kier alpha value is -3.33. The quantitative estimate of drug-likeness (QED) is 0.627. The maximum absolute atomic E-state index is 12.8. The Morgan fingerprint density at radius 1 is 1.17 bits per heavy atom. The van der Waals surface area contributed by atoms with Gasteiger partial charge in [-0.25, -0.2) is 4.39 Å². The lowest BCUT2D eigenvalue weighted by molar-refractivity contribution is -0.112. The molecule has 0 fully saturated rings. The number of hydrogen-bond acceptors (Lipinski definition) is 4. The lowest BCUT2D eigenvalue weighted by atomic mass is 10.2. The number of hydrogen-bond donors (Lipinski definition) is 2. The molecule has 5 nitrogen and oxygen atoms in total. The predicted molar refractivity (Wildman–Crippen MR) is 90.0 cm³/mol. The average molecular weight is 325 g/mol. The topological polar surface area (TPSA) is 74.1 Å². The monoisotopic (exact) mass is 325 g/mol. The molecule has 0 spiro atoms. The van der Waals surface area contributed by atoms with Crippen LogP contribution in [0.15, 0.2) is 60.3 Å². The smallest absolute Gasteiger partial charge is 0.267 e. The number of rotatable bonds is 6. The summed E-state index contributed by atoms with van der Waals surface area (Å²) in [7, 11) is 0. The van der Waals surface area contributed by atoms with Gasteiger partial charge in [-0.15, -0.1) is 0 Å². The van der Waals surface area contributed by atoms with Crippen LogP contribution >= 0.6 is 0 Å². The van der Waals surface area contributed by atoms with Crippen molar-refractivity contribution in [2.24, 2.45) is 0 Å². The summed E-state index contributed by atoms with van der Waals surface area (Å²) in [5.41, 5.74) is 1.01. The molecule has 0 saturated heterocycles. The number of nitriles is 1. The molecule has 2 rings (SSSR count). The van der Waals surface area contributed by atoms with Crippen LogP contribution in [-0.4, -0.2) is 12.5 Å². The van der Waals surface area contributed by atoms with Gasteiger partial charge < -0.3 is 15.4 Å². The van der Waals surface area contributed by atoms with Crippen LogP contribution in [0.3, 0.4) is 0 Å². The van der Waals surface area contributed by atoms with Gasteiger partial charge in [0.05, 0.1) is 6.61 Å². The van der Waals surface area contributed by atoms with E-state index in [0.717, 1.165) is 0 Å². The number of benzene rings is 2. The van der Waals surface area contributed by atoms with Crippen LogP contribution in [0.5, 0.6) is 5.75 Å². The molecule has 0 aliphatic rings. The number of carbonyl (C=O) groups excluding carboxylic acids is 1. The Labute approximate surface area is 139 Å². The van der Waals surface area contributed by atoms with E-state index in [9.17, 15) is 9.18 Å². The SMILES string of the molecule is CCOc1ccc(NC(=O)/C(C#N)=C\Nc2ccc(F)cc2)cc1. The van der Waals surface area contributed by atoms with Gasteiger partial charge in [-0.2, -0.15) is 5.26 Å². The highest BCUT2D eigenvalue weighted by Gasteiger charge is 2.09. The summed E-state index contributed by atoms with van der Waals surface area (Å²) < 4.78 is 18.1. The second kappa shape index (κ2) is 8.34. The highest BCUT2D eigenvalue weighted by atomic mass is 19.1. The molecule has 0 unspecified atom stereocenters. The van der Waals surface area contributed by atoms with E-state index in [1.807, 2.05) is 13.0 Å². The molecule has 0 atom stereocenters. The van der Waals surface area contributed by atoms with Gasteiger partial charge in [-0.3, -0.25) is 4.79 Å². The van der Waals surface area contributed by atoms with Crippen molar-refractivity contribution in [1.29, 1.82) is 5.26 Å². The summed E-state index contributed by atoms with van der Waals surface area (Å²) in [6, 6.07) is 14.2. The second-order valence-corrected chi connectivity index (χ2v) is 4.73. The molecule has 0 radical (unpaired) electrons. The fourth-order valence-electron chi connectivity index (χ4n) is 1.85. The molecule has 1 amide bonds. The zero-order valence-electron chi connectivity index (χ0n) is 13.0. The molecular weight excluding hydrogens is 309 g/mol. The number of anilines is 2. The van der Waals surface area contributed by atoms with Gasteiger partial charge >= 0.3 is 0 Å². The molecule has 0 heterocycles. The summed E-state index contributed by atoms with van der Waals surface area (Å²) in [4.78, 5) is 12.1. The first kappa shape index (κ1) is 17.0. The average Bonchev–Trinajstić information content (AvgIpc) is 2.59. The first-order chi connectivity index (χ1) is 11.6. The summed E-state index contributed by atoms with van der Waals surface area (Å²) in [5, 5.41) is 14.5. The van der Waals surface area contributed by atoms with Crippen molar-refractivity contribution < 1.29 is 13.9 Å². The van der Waals surface area contributed by atoms with E-state index >= 15 is 0 Å². The zero-order chi connectivity index (χ0) is 17.4. The summed E-state index contributed by atoms with van der Waals surface area (Å²) in [5.74, 6) is -0.209. The van der Waals surface area contributed by atoms with Gasteiger partial charge in [-0.05, 0) is 55.5 Å². The van der Waals surface area contributed by atoms with E-state index in [2.05, 4.69) is 10.6 Å². The Balaban J connectivity index is 2.01. The second-order valence-electron chi connectivity index (χ2n) is 4.73. The number of carbonyl (C=O) groups is 1. The maximum atomic E-state index is 12.8. The van der Waals surface area contributed by atoms with Gasteiger partial charge in [0, 0.05) is 17.6 Å². The number of ether oxygens (including phenoxy) is 1. The van der Waals surface area contributed by atoms with Crippen molar-refractivity contribution in [3.05, 3.63) is 66.1 Å². The van der Waals surface area contributed by atoms with Crippen LogP contribution in [0, 0.1) is 17.1 Å². The molecule has 122 valence electrons. The van der Waals surface area contributed by atoms with Crippen LogP contribution in [0.1, 0.15) is 6.92 Å². The third kappa shape index (κ3) is 4.85.